The summed E-state index contributed by atoms with van der Waals surface area (Å²) in [4.78, 5) is 15.0. The molecule has 1 amide bonds. The topological polar surface area (TPSA) is 83.8 Å². The van der Waals surface area contributed by atoms with Gasteiger partial charge in [0, 0.05) is 49.3 Å². The van der Waals surface area contributed by atoms with E-state index in [4.69, 9.17) is 0 Å². The van der Waals surface area contributed by atoms with Gasteiger partial charge in [-0.2, -0.15) is 8.42 Å². The molecular formula is C24H28N4O3S. The molecule has 1 saturated heterocycles. The van der Waals surface area contributed by atoms with Crippen LogP contribution in [0.4, 0.5) is 5.69 Å². The summed E-state index contributed by atoms with van der Waals surface area (Å²) in [5.74, 6) is 0.724. The summed E-state index contributed by atoms with van der Waals surface area (Å²) >= 11 is 0. The number of rotatable bonds is 6. The number of fused-ring (bicyclic) bond motifs is 1. The molecule has 0 aliphatic carbocycles. The van der Waals surface area contributed by atoms with Crippen molar-refractivity contribution >= 4 is 38.4 Å². The number of aromatic nitrogens is 1. The number of benzene rings is 2. The van der Waals surface area contributed by atoms with E-state index >= 15 is 0 Å². The minimum absolute atomic E-state index is 0.0605. The Morgan fingerprint density at radius 1 is 1.16 bits per heavy atom. The SMILES string of the molecule is CC(C)Cn1cc(C(=O)Nc2cccc(S(=O)(=O)N=C3CCCN3C)c2)c2ccccc21. The van der Waals surface area contributed by atoms with Gasteiger partial charge < -0.3 is 14.8 Å². The zero-order valence-corrected chi connectivity index (χ0v) is 19.4. The fourth-order valence-corrected chi connectivity index (χ4v) is 5.15. The predicted molar refractivity (Wildman–Crippen MR) is 128 cm³/mol. The molecule has 1 N–H and O–H groups in total. The number of nitrogens with one attached hydrogen (secondary N) is 1. The van der Waals surface area contributed by atoms with Crippen molar-refractivity contribution in [1.29, 1.82) is 0 Å². The molecule has 3 aromatic rings. The third kappa shape index (κ3) is 4.55. The number of para-hydroxylation sites is 1. The molecule has 7 nitrogen and oxygen atoms in total. The van der Waals surface area contributed by atoms with Crippen LogP contribution in [0.2, 0.25) is 0 Å². The van der Waals surface area contributed by atoms with Crippen molar-refractivity contribution in [2.75, 3.05) is 18.9 Å². The number of carbonyl (C=O) groups excluding carboxylic acids is 1. The fourth-order valence-electron chi connectivity index (χ4n) is 4.01. The molecule has 2 heterocycles. The summed E-state index contributed by atoms with van der Waals surface area (Å²) in [6, 6.07) is 14.0. The van der Waals surface area contributed by atoms with Crippen LogP contribution in [-0.2, 0) is 16.6 Å². The largest absolute Gasteiger partial charge is 0.362 e. The second kappa shape index (κ2) is 8.78. The molecule has 2 aromatic carbocycles. The Balaban J connectivity index is 1.61. The van der Waals surface area contributed by atoms with Crippen molar-refractivity contribution in [3.8, 4) is 0 Å². The van der Waals surface area contributed by atoms with Gasteiger partial charge in [0.05, 0.1) is 10.5 Å². The first-order chi connectivity index (χ1) is 15.2. The zero-order valence-electron chi connectivity index (χ0n) is 18.6. The summed E-state index contributed by atoms with van der Waals surface area (Å²) in [7, 11) is -2.01. The lowest BCUT2D eigenvalue weighted by atomic mass is 10.1. The number of amides is 1. The molecule has 0 bridgehead atoms. The van der Waals surface area contributed by atoms with Gasteiger partial charge in [0.25, 0.3) is 15.9 Å². The number of likely N-dealkylation sites (tertiary alicyclic amines) is 1. The van der Waals surface area contributed by atoms with Crippen molar-refractivity contribution in [2.24, 2.45) is 10.3 Å². The molecule has 168 valence electrons. The summed E-state index contributed by atoms with van der Waals surface area (Å²) in [6.07, 6.45) is 3.40. The number of amidine groups is 1. The van der Waals surface area contributed by atoms with Gasteiger partial charge in [0.2, 0.25) is 0 Å². The maximum absolute atomic E-state index is 13.1. The third-order valence-corrected chi connectivity index (χ3v) is 6.85. The number of nitrogens with zero attached hydrogens (tertiary/aromatic N) is 3. The fraction of sp³-hybridized carbons (Fsp3) is 0.333. The molecule has 32 heavy (non-hydrogen) atoms. The highest BCUT2D eigenvalue weighted by Crippen LogP contribution is 2.25. The predicted octanol–water partition coefficient (Wildman–Crippen LogP) is 4.36. The molecule has 1 fully saturated rings. The molecule has 1 aromatic heterocycles. The summed E-state index contributed by atoms with van der Waals surface area (Å²) in [5, 5.41) is 3.72. The van der Waals surface area contributed by atoms with Crippen molar-refractivity contribution in [3.05, 3.63) is 60.3 Å². The van der Waals surface area contributed by atoms with E-state index in [2.05, 4.69) is 28.1 Å². The Kier molecular flexibility index (Phi) is 6.06. The molecule has 4 rings (SSSR count). The zero-order chi connectivity index (χ0) is 22.9. The maximum Gasteiger partial charge on any atom is 0.284 e. The normalized spacial score (nSPS) is 15.8. The van der Waals surface area contributed by atoms with Crippen LogP contribution in [0.1, 0.15) is 37.0 Å². The number of hydrogen-bond donors (Lipinski definition) is 1. The minimum Gasteiger partial charge on any atom is -0.362 e. The van der Waals surface area contributed by atoms with Gasteiger partial charge in [-0.15, -0.1) is 4.40 Å². The number of hydrogen-bond acceptors (Lipinski definition) is 3. The van der Waals surface area contributed by atoms with E-state index in [-0.39, 0.29) is 10.8 Å². The van der Waals surface area contributed by atoms with E-state index in [1.165, 1.54) is 12.1 Å². The molecule has 8 heteroatoms. The molecule has 0 unspecified atom stereocenters. The second-order valence-electron chi connectivity index (χ2n) is 8.60. The van der Waals surface area contributed by atoms with Gasteiger partial charge in [-0.3, -0.25) is 4.79 Å². The summed E-state index contributed by atoms with van der Waals surface area (Å²) in [5.41, 5.74) is 1.97. The molecule has 0 radical (unpaired) electrons. The average Bonchev–Trinajstić information content (AvgIpc) is 3.31. The van der Waals surface area contributed by atoms with Crippen LogP contribution in [0.5, 0.6) is 0 Å². The van der Waals surface area contributed by atoms with E-state index in [0.29, 0.717) is 29.4 Å². The van der Waals surface area contributed by atoms with Crippen LogP contribution < -0.4 is 5.32 Å². The Hall–Kier alpha value is -3.13. The van der Waals surface area contributed by atoms with Gasteiger partial charge in [-0.05, 0) is 36.6 Å². The van der Waals surface area contributed by atoms with Crippen molar-refractivity contribution in [2.45, 2.75) is 38.1 Å². The van der Waals surface area contributed by atoms with Gasteiger partial charge in [-0.25, -0.2) is 0 Å². The number of sulfonamides is 1. The average molecular weight is 453 g/mol. The lowest BCUT2D eigenvalue weighted by Gasteiger charge is -2.11. The minimum atomic E-state index is -3.85. The van der Waals surface area contributed by atoms with E-state index in [1.54, 1.807) is 12.1 Å². The first kappa shape index (κ1) is 22.1. The van der Waals surface area contributed by atoms with Crippen LogP contribution in [0.15, 0.2) is 64.0 Å². The lowest BCUT2D eigenvalue weighted by Crippen LogP contribution is -2.20. The Labute approximate surface area is 188 Å². The molecule has 1 aliphatic rings. The second-order valence-corrected chi connectivity index (χ2v) is 10.2. The summed E-state index contributed by atoms with van der Waals surface area (Å²) in [6.45, 7) is 5.87. The molecule has 1 aliphatic heterocycles. The van der Waals surface area contributed by atoms with Crippen LogP contribution in [0.3, 0.4) is 0 Å². The highest BCUT2D eigenvalue weighted by Gasteiger charge is 2.21. The van der Waals surface area contributed by atoms with E-state index in [9.17, 15) is 13.2 Å². The Morgan fingerprint density at radius 3 is 2.66 bits per heavy atom. The summed E-state index contributed by atoms with van der Waals surface area (Å²) < 4.78 is 31.7. The number of anilines is 1. The van der Waals surface area contributed by atoms with Gasteiger partial charge >= 0.3 is 0 Å². The van der Waals surface area contributed by atoms with Gasteiger partial charge in [0.15, 0.2) is 0 Å². The molecule has 0 saturated carbocycles. The van der Waals surface area contributed by atoms with Gasteiger partial charge in [0.1, 0.15) is 5.84 Å². The highest BCUT2D eigenvalue weighted by atomic mass is 32.2. The third-order valence-electron chi connectivity index (χ3n) is 5.54. The van der Waals surface area contributed by atoms with Crippen LogP contribution in [-0.4, -0.2) is 43.2 Å². The molecular weight excluding hydrogens is 424 g/mol. The van der Waals surface area contributed by atoms with Crippen LogP contribution in [0.25, 0.3) is 10.9 Å². The highest BCUT2D eigenvalue weighted by molar-refractivity contribution is 7.90. The first-order valence-corrected chi connectivity index (χ1v) is 12.2. The van der Waals surface area contributed by atoms with E-state index in [1.807, 2.05) is 42.4 Å². The quantitative estimate of drug-likeness (QED) is 0.602. The molecule has 0 spiro atoms. The van der Waals surface area contributed by atoms with Crippen molar-refractivity contribution < 1.29 is 13.2 Å². The maximum atomic E-state index is 13.1. The van der Waals surface area contributed by atoms with Crippen molar-refractivity contribution in [3.63, 3.8) is 0 Å². The van der Waals surface area contributed by atoms with E-state index in [0.717, 1.165) is 30.4 Å². The standard InChI is InChI=1S/C24H28N4O3S/c1-17(2)15-28-16-21(20-10-4-5-11-22(20)28)24(29)25-18-8-6-9-19(14-18)32(30,31)26-23-12-7-13-27(23)3/h4-6,8-11,14,16-17H,7,12-13,15H2,1-3H3,(H,25,29). The van der Waals surface area contributed by atoms with Crippen molar-refractivity contribution in [1.82, 2.24) is 9.47 Å². The van der Waals surface area contributed by atoms with E-state index < -0.39 is 10.0 Å². The smallest absolute Gasteiger partial charge is 0.284 e. The molecule has 0 atom stereocenters. The monoisotopic (exact) mass is 452 g/mol. The first-order valence-electron chi connectivity index (χ1n) is 10.8. The lowest BCUT2D eigenvalue weighted by molar-refractivity contribution is 0.102. The number of carbonyl (C=O) groups is 1. The Bertz CT molecular complexity index is 1290. The van der Waals surface area contributed by atoms with Gasteiger partial charge in [-0.1, -0.05) is 38.1 Å². The van der Waals surface area contributed by atoms with Crippen LogP contribution >= 0.6 is 0 Å². The van der Waals surface area contributed by atoms with Crippen LogP contribution in [0, 0.1) is 5.92 Å². The Morgan fingerprint density at radius 2 is 1.94 bits per heavy atom.